The molecule has 0 atom stereocenters. The van der Waals surface area contributed by atoms with Gasteiger partial charge < -0.3 is 7.59 Å². The Kier molecular flexibility index (Phi) is 22.9. The molecule has 10 heavy (non-hydrogen) atoms. The van der Waals surface area contributed by atoms with Crippen LogP contribution in [0.4, 0.5) is 0 Å². The molecule has 0 aromatic rings. The molecule has 0 fully saturated rings. The quantitative estimate of drug-likeness (QED) is 0.239. The van der Waals surface area contributed by atoms with Crippen molar-refractivity contribution in [1.29, 1.82) is 0 Å². The van der Waals surface area contributed by atoms with Crippen molar-refractivity contribution >= 4 is 5.97 Å². The van der Waals surface area contributed by atoms with Crippen molar-refractivity contribution in [2.45, 2.75) is 26.7 Å². The Morgan fingerprint density at radius 1 is 1.50 bits per heavy atom. The van der Waals surface area contributed by atoms with Gasteiger partial charge in [-0.1, -0.05) is 13.3 Å². The Bertz CT molecular complexity index is 83.9. The zero-order chi connectivity index (χ0) is 6.41. The topological polar surface area (TPSA) is 26.3 Å². The molecule has 0 saturated heterocycles. The second-order valence-electron chi connectivity index (χ2n) is 1.69. The van der Waals surface area contributed by atoms with Crippen molar-refractivity contribution in [3.63, 3.8) is 0 Å². The van der Waals surface area contributed by atoms with E-state index >= 15 is 0 Å². The molecule has 0 heterocycles. The Hall–Kier alpha value is 1.47. The molecule has 0 radical (unpaired) electrons. The molecule has 0 saturated carbocycles. The van der Waals surface area contributed by atoms with E-state index in [0.717, 1.165) is 12.8 Å². The maximum absolute atomic E-state index is 10.1. The smallest absolute Gasteiger partial charge is 1.00 e. The van der Waals surface area contributed by atoms with Crippen LogP contribution in [0.5, 0.6) is 0 Å². The standard InChI is InChI=1S/C6H12O2.2Na.2H/c1-3-4-5-8-6(2)7;;;;/h3-5H2,1-2H3;;;;/q;2*+1;2*-1. The van der Waals surface area contributed by atoms with Crippen LogP contribution in [0.1, 0.15) is 29.5 Å². The summed E-state index contributed by atoms with van der Waals surface area (Å²) in [4.78, 5) is 10.1. The monoisotopic (exact) mass is 164 g/mol. The summed E-state index contributed by atoms with van der Waals surface area (Å²) < 4.78 is 4.64. The molecule has 4 heteroatoms. The number of carbonyl (C=O) groups excluding carboxylic acids is 1. The third-order valence-corrected chi connectivity index (χ3v) is 0.803. The van der Waals surface area contributed by atoms with E-state index in [2.05, 4.69) is 11.7 Å². The molecule has 2 nitrogen and oxygen atoms in total. The molecule has 0 bridgehead atoms. The maximum Gasteiger partial charge on any atom is 1.00 e. The van der Waals surface area contributed by atoms with Crippen LogP contribution in [-0.2, 0) is 9.53 Å². The summed E-state index contributed by atoms with van der Waals surface area (Å²) in [5, 5.41) is 0. The van der Waals surface area contributed by atoms with E-state index in [9.17, 15) is 4.79 Å². The number of ether oxygens (including phenoxy) is 1. The largest absolute Gasteiger partial charge is 1.00 e. The fourth-order valence-electron chi connectivity index (χ4n) is 0.360. The SMILES string of the molecule is CCCCOC(C)=O.[H-].[H-].[Na+].[Na+]. The summed E-state index contributed by atoms with van der Waals surface area (Å²) in [5.41, 5.74) is 0. The van der Waals surface area contributed by atoms with Crippen LogP contribution >= 0.6 is 0 Å². The number of carbonyl (C=O) groups is 1. The van der Waals surface area contributed by atoms with E-state index in [1.165, 1.54) is 6.92 Å². The molecule has 0 aliphatic carbocycles. The van der Waals surface area contributed by atoms with Gasteiger partial charge in [0.15, 0.2) is 0 Å². The van der Waals surface area contributed by atoms with Gasteiger partial charge in [-0.2, -0.15) is 0 Å². The van der Waals surface area contributed by atoms with Crippen molar-refractivity contribution in [2.75, 3.05) is 6.61 Å². The summed E-state index contributed by atoms with van der Waals surface area (Å²) in [6.45, 7) is 4.06. The van der Waals surface area contributed by atoms with Gasteiger partial charge in [-0.15, -0.1) is 0 Å². The third-order valence-electron chi connectivity index (χ3n) is 0.803. The van der Waals surface area contributed by atoms with Gasteiger partial charge >= 0.3 is 65.1 Å². The second kappa shape index (κ2) is 13.1. The van der Waals surface area contributed by atoms with Crippen molar-refractivity contribution in [1.82, 2.24) is 0 Å². The van der Waals surface area contributed by atoms with Gasteiger partial charge in [-0.3, -0.25) is 4.79 Å². The van der Waals surface area contributed by atoms with Gasteiger partial charge in [0, 0.05) is 6.92 Å². The number of esters is 1. The normalized spacial score (nSPS) is 7.00. The van der Waals surface area contributed by atoms with E-state index in [1.54, 1.807) is 0 Å². The minimum absolute atomic E-state index is 0. The minimum Gasteiger partial charge on any atom is -1.00 e. The van der Waals surface area contributed by atoms with Crippen LogP contribution in [0.3, 0.4) is 0 Å². The maximum atomic E-state index is 10.1. The van der Waals surface area contributed by atoms with E-state index < -0.39 is 0 Å². The van der Waals surface area contributed by atoms with Gasteiger partial charge in [0.05, 0.1) is 6.61 Å². The molecule has 0 aromatic heterocycles. The molecule has 0 spiro atoms. The zero-order valence-corrected chi connectivity index (χ0v) is 11.4. The van der Waals surface area contributed by atoms with Crippen molar-refractivity contribution in [3.05, 3.63) is 0 Å². The fourth-order valence-corrected chi connectivity index (χ4v) is 0.360. The van der Waals surface area contributed by atoms with Gasteiger partial charge in [-0.25, -0.2) is 0 Å². The molecule has 0 N–H and O–H groups in total. The average molecular weight is 164 g/mol. The van der Waals surface area contributed by atoms with Crippen LogP contribution < -0.4 is 59.1 Å². The van der Waals surface area contributed by atoms with Crippen LogP contribution in [0.2, 0.25) is 0 Å². The van der Waals surface area contributed by atoms with Crippen molar-refractivity contribution in [2.24, 2.45) is 0 Å². The Morgan fingerprint density at radius 3 is 2.30 bits per heavy atom. The number of unbranched alkanes of at least 4 members (excludes halogenated alkanes) is 1. The Morgan fingerprint density at radius 2 is 2.00 bits per heavy atom. The fraction of sp³-hybridized carbons (Fsp3) is 0.833. The number of hydrogen-bond donors (Lipinski definition) is 0. The summed E-state index contributed by atoms with van der Waals surface area (Å²) >= 11 is 0. The average Bonchev–Trinajstić information content (AvgIpc) is 1.66. The van der Waals surface area contributed by atoms with Crippen LogP contribution in [0.25, 0.3) is 0 Å². The molecular formula is C6H14Na2O2. The molecule has 0 unspecified atom stereocenters. The predicted octanol–water partition coefficient (Wildman–Crippen LogP) is -4.42. The summed E-state index contributed by atoms with van der Waals surface area (Å²) in [6, 6.07) is 0. The van der Waals surface area contributed by atoms with Crippen LogP contribution in [0, 0.1) is 0 Å². The molecule has 52 valence electrons. The first-order valence-electron chi connectivity index (χ1n) is 2.90. The first-order valence-corrected chi connectivity index (χ1v) is 2.90. The first kappa shape index (κ1) is 17.5. The minimum atomic E-state index is -0.182. The summed E-state index contributed by atoms with van der Waals surface area (Å²) in [7, 11) is 0. The third kappa shape index (κ3) is 16.2. The van der Waals surface area contributed by atoms with E-state index in [-0.39, 0.29) is 67.9 Å². The van der Waals surface area contributed by atoms with Gasteiger partial charge in [0.25, 0.3) is 0 Å². The van der Waals surface area contributed by atoms with Gasteiger partial charge in [-0.05, 0) is 6.42 Å². The van der Waals surface area contributed by atoms with E-state index in [0.29, 0.717) is 6.61 Å². The first-order chi connectivity index (χ1) is 3.77. The van der Waals surface area contributed by atoms with Gasteiger partial charge in [0.1, 0.15) is 0 Å². The summed E-state index contributed by atoms with van der Waals surface area (Å²) in [6.07, 6.45) is 2.05. The number of hydrogen-bond acceptors (Lipinski definition) is 2. The van der Waals surface area contributed by atoms with Crippen LogP contribution in [0.15, 0.2) is 0 Å². The van der Waals surface area contributed by atoms with Crippen LogP contribution in [-0.4, -0.2) is 12.6 Å². The molecule has 0 aliphatic rings. The Labute approximate surface area is 110 Å². The predicted molar refractivity (Wildman–Crippen MR) is 33.8 cm³/mol. The molecule has 0 amide bonds. The van der Waals surface area contributed by atoms with E-state index in [1.807, 2.05) is 0 Å². The zero-order valence-electron chi connectivity index (χ0n) is 9.44. The Balaban J connectivity index is -0.0000000408. The van der Waals surface area contributed by atoms with Gasteiger partial charge in [0.2, 0.25) is 0 Å². The molecule has 0 aromatic carbocycles. The molecular weight excluding hydrogens is 150 g/mol. The number of rotatable bonds is 3. The molecule has 0 aliphatic heterocycles. The second-order valence-corrected chi connectivity index (χ2v) is 1.69. The van der Waals surface area contributed by atoms with E-state index in [4.69, 9.17) is 0 Å². The molecule has 0 rings (SSSR count). The van der Waals surface area contributed by atoms with Crippen molar-refractivity contribution < 1.29 is 71.5 Å². The van der Waals surface area contributed by atoms with Crippen molar-refractivity contribution in [3.8, 4) is 0 Å². The summed E-state index contributed by atoms with van der Waals surface area (Å²) in [5.74, 6) is -0.182.